The zero-order chi connectivity index (χ0) is 18.4. The maximum Gasteiger partial charge on any atom is 0.128 e. The highest BCUT2D eigenvalue weighted by atomic mass is 16.5. The lowest BCUT2D eigenvalue weighted by molar-refractivity contribution is -0.0345. The SMILES string of the molecule is CCCn1cc(CN2CCO[C@@H](CCc3ccnc(N(C)C)c3)C2)cn1. The summed E-state index contributed by atoms with van der Waals surface area (Å²) in [5.74, 6) is 1.01. The number of morpholine rings is 1. The van der Waals surface area contributed by atoms with Crippen molar-refractivity contribution in [3.05, 3.63) is 41.9 Å². The van der Waals surface area contributed by atoms with E-state index in [1.54, 1.807) is 0 Å². The maximum atomic E-state index is 6.00. The van der Waals surface area contributed by atoms with Crippen LogP contribution >= 0.6 is 0 Å². The Hall–Kier alpha value is -1.92. The minimum Gasteiger partial charge on any atom is -0.376 e. The molecule has 0 spiro atoms. The molecule has 6 heteroatoms. The highest BCUT2D eigenvalue weighted by Crippen LogP contribution is 2.17. The van der Waals surface area contributed by atoms with Crippen LogP contribution in [0.5, 0.6) is 0 Å². The van der Waals surface area contributed by atoms with E-state index in [4.69, 9.17) is 4.74 Å². The molecule has 0 aliphatic carbocycles. The fourth-order valence-electron chi connectivity index (χ4n) is 3.38. The van der Waals surface area contributed by atoms with Gasteiger partial charge in [0.2, 0.25) is 0 Å². The highest BCUT2D eigenvalue weighted by Gasteiger charge is 2.21. The summed E-state index contributed by atoms with van der Waals surface area (Å²) in [4.78, 5) is 8.91. The van der Waals surface area contributed by atoms with Gasteiger partial charge in [0.05, 0.1) is 18.9 Å². The Kier molecular flexibility index (Phi) is 6.63. The number of aromatic nitrogens is 3. The van der Waals surface area contributed by atoms with E-state index < -0.39 is 0 Å². The number of nitrogens with zero attached hydrogens (tertiary/aromatic N) is 5. The second-order valence-corrected chi connectivity index (χ2v) is 7.29. The Morgan fingerprint density at radius 2 is 2.19 bits per heavy atom. The molecule has 2 aromatic rings. The molecule has 1 aliphatic heterocycles. The molecule has 0 saturated carbocycles. The van der Waals surface area contributed by atoms with Gasteiger partial charge in [0.15, 0.2) is 0 Å². The third-order valence-electron chi connectivity index (χ3n) is 4.79. The van der Waals surface area contributed by atoms with E-state index in [2.05, 4.69) is 40.2 Å². The number of hydrogen-bond donors (Lipinski definition) is 0. The molecule has 0 unspecified atom stereocenters. The van der Waals surface area contributed by atoms with Crippen LogP contribution in [-0.2, 0) is 24.2 Å². The number of hydrogen-bond acceptors (Lipinski definition) is 5. The first-order chi connectivity index (χ1) is 12.6. The molecule has 26 heavy (non-hydrogen) atoms. The van der Waals surface area contributed by atoms with Crippen LogP contribution in [0.25, 0.3) is 0 Å². The van der Waals surface area contributed by atoms with Crippen molar-refractivity contribution in [2.45, 2.75) is 45.4 Å². The lowest BCUT2D eigenvalue weighted by Gasteiger charge is -2.32. The maximum absolute atomic E-state index is 6.00. The summed E-state index contributed by atoms with van der Waals surface area (Å²) in [5, 5.41) is 4.44. The van der Waals surface area contributed by atoms with Crippen LogP contribution in [0.3, 0.4) is 0 Å². The van der Waals surface area contributed by atoms with Crippen molar-refractivity contribution in [2.75, 3.05) is 38.7 Å². The van der Waals surface area contributed by atoms with Gasteiger partial charge in [0, 0.05) is 58.2 Å². The van der Waals surface area contributed by atoms with E-state index in [-0.39, 0.29) is 0 Å². The minimum atomic E-state index is 0.297. The molecule has 6 nitrogen and oxygen atoms in total. The first-order valence-electron chi connectivity index (χ1n) is 9.61. The lowest BCUT2D eigenvalue weighted by atomic mass is 10.1. The zero-order valence-electron chi connectivity index (χ0n) is 16.3. The topological polar surface area (TPSA) is 46.4 Å². The van der Waals surface area contributed by atoms with E-state index in [0.717, 1.165) is 57.9 Å². The van der Waals surface area contributed by atoms with Crippen molar-refractivity contribution in [3.63, 3.8) is 0 Å². The molecule has 0 bridgehead atoms. The van der Waals surface area contributed by atoms with Crippen LogP contribution in [0.2, 0.25) is 0 Å². The van der Waals surface area contributed by atoms with E-state index >= 15 is 0 Å². The van der Waals surface area contributed by atoms with E-state index in [9.17, 15) is 0 Å². The third-order valence-corrected chi connectivity index (χ3v) is 4.79. The van der Waals surface area contributed by atoms with Crippen LogP contribution in [-0.4, -0.2) is 59.6 Å². The fraction of sp³-hybridized carbons (Fsp3) is 0.600. The third kappa shape index (κ3) is 5.29. The van der Waals surface area contributed by atoms with Gasteiger partial charge in [-0.2, -0.15) is 5.10 Å². The normalized spacial score (nSPS) is 18.2. The van der Waals surface area contributed by atoms with Gasteiger partial charge in [-0.25, -0.2) is 4.98 Å². The quantitative estimate of drug-likeness (QED) is 0.727. The Balaban J connectivity index is 1.49. The van der Waals surface area contributed by atoms with Gasteiger partial charge in [-0.1, -0.05) is 6.92 Å². The van der Waals surface area contributed by atoms with Crippen LogP contribution < -0.4 is 4.90 Å². The van der Waals surface area contributed by atoms with Crippen molar-refractivity contribution < 1.29 is 4.74 Å². The molecular formula is C20H31N5O. The average Bonchev–Trinajstić information content (AvgIpc) is 3.08. The van der Waals surface area contributed by atoms with Crippen molar-refractivity contribution in [2.24, 2.45) is 0 Å². The molecule has 142 valence electrons. The van der Waals surface area contributed by atoms with Crippen LogP contribution in [0.4, 0.5) is 5.82 Å². The molecule has 0 N–H and O–H groups in total. The molecule has 2 aromatic heterocycles. The average molecular weight is 358 g/mol. The molecule has 1 aliphatic rings. The van der Waals surface area contributed by atoms with Crippen molar-refractivity contribution >= 4 is 5.82 Å². The molecule has 3 heterocycles. The number of anilines is 1. The predicted molar refractivity (Wildman–Crippen MR) is 104 cm³/mol. The molecule has 1 atom stereocenters. The Morgan fingerprint density at radius 3 is 3.00 bits per heavy atom. The summed E-state index contributed by atoms with van der Waals surface area (Å²) in [6.07, 6.45) is 9.55. The second-order valence-electron chi connectivity index (χ2n) is 7.29. The van der Waals surface area contributed by atoms with Gasteiger partial charge in [0.25, 0.3) is 0 Å². The van der Waals surface area contributed by atoms with Gasteiger partial charge in [0.1, 0.15) is 5.82 Å². The fourth-order valence-corrected chi connectivity index (χ4v) is 3.38. The van der Waals surface area contributed by atoms with Crippen LogP contribution in [0.15, 0.2) is 30.7 Å². The van der Waals surface area contributed by atoms with Gasteiger partial charge < -0.3 is 9.64 Å². The molecule has 1 fully saturated rings. The Labute approximate surface area is 156 Å². The van der Waals surface area contributed by atoms with Crippen LogP contribution in [0, 0.1) is 0 Å². The molecule has 0 radical (unpaired) electrons. The van der Waals surface area contributed by atoms with Gasteiger partial charge in [-0.3, -0.25) is 9.58 Å². The predicted octanol–water partition coefficient (Wildman–Crippen LogP) is 2.59. The van der Waals surface area contributed by atoms with E-state index in [1.807, 2.05) is 36.1 Å². The van der Waals surface area contributed by atoms with Crippen molar-refractivity contribution in [3.8, 4) is 0 Å². The number of ether oxygens (including phenoxy) is 1. The largest absolute Gasteiger partial charge is 0.376 e. The summed E-state index contributed by atoms with van der Waals surface area (Å²) in [6.45, 7) is 6.93. The number of pyridine rings is 1. The summed E-state index contributed by atoms with van der Waals surface area (Å²) in [6, 6.07) is 4.28. The Morgan fingerprint density at radius 1 is 1.31 bits per heavy atom. The van der Waals surface area contributed by atoms with Crippen molar-refractivity contribution in [1.29, 1.82) is 0 Å². The number of aryl methyl sites for hydroxylation is 2. The standard InChI is InChI=1S/C20H31N5O/c1-4-9-25-15-18(13-22-25)14-24-10-11-26-19(16-24)6-5-17-7-8-21-20(12-17)23(2)3/h7-8,12-13,15,19H,4-6,9-11,14,16H2,1-3H3/t19-/m0/s1. The first kappa shape index (κ1) is 18.9. The molecular weight excluding hydrogens is 326 g/mol. The zero-order valence-corrected chi connectivity index (χ0v) is 16.3. The Bertz CT molecular complexity index is 684. The van der Waals surface area contributed by atoms with Crippen LogP contribution in [0.1, 0.15) is 30.9 Å². The minimum absolute atomic E-state index is 0.297. The van der Waals surface area contributed by atoms with E-state index in [0.29, 0.717) is 6.10 Å². The highest BCUT2D eigenvalue weighted by molar-refractivity contribution is 5.39. The van der Waals surface area contributed by atoms with Gasteiger partial charge in [-0.15, -0.1) is 0 Å². The lowest BCUT2D eigenvalue weighted by Crippen LogP contribution is -2.42. The molecule has 0 aromatic carbocycles. The first-order valence-corrected chi connectivity index (χ1v) is 9.61. The second kappa shape index (κ2) is 9.14. The number of rotatable bonds is 8. The summed E-state index contributed by atoms with van der Waals surface area (Å²) in [5.41, 5.74) is 2.62. The molecule has 3 rings (SSSR count). The molecule has 0 amide bonds. The van der Waals surface area contributed by atoms with Gasteiger partial charge >= 0.3 is 0 Å². The summed E-state index contributed by atoms with van der Waals surface area (Å²) >= 11 is 0. The van der Waals surface area contributed by atoms with E-state index in [1.165, 1.54) is 11.1 Å². The monoisotopic (exact) mass is 357 g/mol. The smallest absolute Gasteiger partial charge is 0.128 e. The summed E-state index contributed by atoms with van der Waals surface area (Å²) < 4.78 is 8.04. The molecule has 1 saturated heterocycles. The van der Waals surface area contributed by atoms with Crippen molar-refractivity contribution in [1.82, 2.24) is 19.7 Å². The summed E-state index contributed by atoms with van der Waals surface area (Å²) in [7, 11) is 4.05. The van der Waals surface area contributed by atoms with Gasteiger partial charge in [-0.05, 0) is 37.0 Å².